The molecule has 2 aromatic rings. The Morgan fingerprint density at radius 1 is 1.44 bits per heavy atom. The molecule has 1 amide bonds. The molecule has 2 aromatic heterocycles. The van der Waals surface area contributed by atoms with Crippen LogP contribution < -0.4 is 5.32 Å². The number of hydrogen-bond acceptors (Lipinski definition) is 5. The van der Waals surface area contributed by atoms with Crippen LogP contribution in [-0.2, 0) is 11.2 Å². The summed E-state index contributed by atoms with van der Waals surface area (Å²) in [6, 6.07) is 3.29. The summed E-state index contributed by atoms with van der Waals surface area (Å²) >= 11 is 1.19. The molecule has 18 heavy (non-hydrogen) atoms. The van der Waals surface area contributed by atoms with E-state index < -0.39 is 5.97 Å². The van der Waals surface area contributed by atoms with E-state index in [1.165, 1.54) is 17.5 Å². The Bertz CT molecular complexity index is 568. The third kappa shape index (κ3) is 3.11. The summed E-state index contributed by atoms with van der Waals surface area (Å²) in [5.41, 5.74) is 0.849. The fourth-order valence-corrected chi connectivity index (χ4v) is 1.97. The van der Waals surface area contributed by atoms with Gasteiger partial charge >= 0.3 is 5.97 Å². The molecule has 0 unspecified atom stereocenters. The maximum atomic E-state index is 11.7. The van der Waals surface area contributed by atoms with Crippen molar-refractivity contribution in [3.8, 4) is 0 Å². The summed E-state index contributed by atoms with van der Waals surface area (Å²) in [7, 11) is 0. The Morgan fingerprint density at radius 2 is 2.28 bits per heavy atom. The molecule has 0 radical (unpaired) electrons. The molecule has 7 heteroatoms. The highest BCUT2D eigenvalue weighted by atomic mass is 32.1. The number of aliphatic carboxylic acids is 1. The number of carboxylic acid groups (broad SMARTS) is 1. The highest BCUT2D eigenvalue weighted by Crippen LogP contribution is 2.16. The molecule has 6 nitrogen and oxygen atoms in total. The molecule has 0 atom stereocenters. The molecule has 2 N–H and O–H groups in total. The minimum absolute atomic E-state index is 0.154. The van der Waals surface area contributed by atoms with Gasteiger partial charge in [-0.2, -0.15) is 0 Å². The van der Waals surface area contributed by atoms with Gasteiger partial charge in [0.2, 0.25) is 0 Å². The predicted octanol–water partition coefficient (Wildman–Crippen LogP) is 1.42. The van der Waals surface area contributed by atoms with E-state index in [0.717, 1.165) is 0 Å². The lowest BCUT2D eigenvalue weighted by atomic mass is 10.3. The van der Waals surface area contributed by atoms with E-state index in [9.17, 15) is 9.59 Å². The monoisotopic (exact) mass is 263 g/mol. The number of carbonyl (C=O) groups is 2. The first kappa shape index (κ1) is 12.2. The SMILES string of the molecule is O=C(O)Cc1csc(NC(=O)c2cccnc2)n1. The number of nitrogens with one attached hydrogen (secondary N) is 1. The van der Waals surface area contributed by atoms with Crippen molar-refractivity contribution in [3.05, 3.63) is 41.2 Å². The lowest BCUT2D eigenvalue weighted by Gasteiger charge is -1.99. The lowest BCUT2D eigenvalue weighted by molar-refractivity contribution is -0.136. The van der Waals surface area contributed by atoms with Crippen molar-refractivity contribution in [1.82, 2.24) is 9.97 Å². The highest BCUT2D eigenvalue weighted by molar-refractivity contribution is 7.14. The van der Waals surface area contributed by atoms with E-state index in [-0.39, 0.29) is 12.3 Å². The van der Waals surface area contributed by atoms with Gasteiger partial charge in [0.15, 0.2) is 5.13 Å². The fraction of sp³-hybridized carbons (Fsp3) is 0.0909. The Labute approximate surface area is 106 Å². The summed E-state index contributed by atoms with van der Waals surface area (Å²) in [4.78, 5) is 30.1. The van der Waals surface area contributed by atoms with Gasteiger partial charge in [-0.15, -0.1) is 11.3 Å². The van der Waals surface area contributed by atoms with Crippen molar-refractivity contribution in [3.63, 3.8) is 0 Å². The molecular weight excluding hydrogens is 254 g/mol. The molecule has 0 spiro atoms. The largest absolute Gasteiger partial charge is 0.481 e. The Hall–Kier alpha value is -2.28. The van der Waals surface area contributed by atoms with Crippen LogP contribution in [0.2, 0.25) is 0 Å². The van der Waals surface area contributed by atoms with Crippen LogP contribution in [0.5, 0.6) is 0 Å². The van der Waals surface area contributed by atoms with Crippen LogP contribution in [0.15, 0.2) is 29.9 Å². The summed E-state index contributed by atoms with van der Waals surface area (Å²) in [6.07, 6.45) is 2.87. The predicted molar refractivity (Wildman–Crippen MR) is 65.6 cm³/mol. The normalized spacial score (nSPS) is 10.0. The molecule has 2 rings (SSSR count). The Morgan fingerprint density at radius 3 is 2.94 bits per heavy atom. The molecule has 92 valence electrons. The van der Waals surface area contributed by atoms with Crippen molar-refractivity contribution in [1.29, 1.82) is 0 Å². The zero-order chi connectivity index (χ0) is 13.0. The Kier molecular flexibility index (Phi) is 3.63. The molecule has 0 bridgehead atoms. The average molecular weight is 263 g/mol. The topological polar surface area (TPSA) is 92.2 Å². The van der Waals surface area contributed by atoms with Crippen LogP contribution >= 0.6 is 11.3 Å². The molecular formula is C11H9N3O3S. The van der Waals surface area contributed by atoms with Crippen LogP contribution in [-0.4, -0.2) is 27.0 Å². The quantitative estimate of drug-likeness (QED) is 0.870. The van der Waals surface area contributed by atoms with Crippen LogP contribution in [0.3, 0.4) is 0 Å². The van der Waals surface area contributed by atoms with Gasteiger partial charge in [-0.25, -0.2) is 4.98 Å². The molecule has 2 heterocycles. The Balaban J connectivity index is 2.04. The average Bonchev–Trinajstić information content (AvgIpc) is 2.76. The minimum atomic E-state index is -0.953. The van der Waals surface area contributed by atoms with E-state index in [1.807, 2.05) is 0 Å². The maximum absolute atomic E-state index is 11.7. The molecule has 0 aliphatic rings. The molecule has 0 aliphatic heterocycles. The first-order valence-electron chi connectivity index (χ1n) is 5.03. The standard InChI is InChI=1S/C11H9N3O3S/c15-9(16)4-8-6-18-11(13-8)14-10(17)7-2-1-3-12-5-7/h1-3,5-6H,4H2,(H,15,16)(H,13,14,17). The first-order valence-corrected chi connectivity index (χ1v) is 5.90. The summed E-state index contributed by atoms with van der Waals surface area (Å²) in [5, 5.41) is 13.2. The van der Waals surface area contributed by atoms with E-state index in [4.69, 9.17) is 5.11 Å². The van der Waals surface area contributed by atoms with Crippen LogP contribution in [0.25, 0.3) is 0 Å². The van der Waals surface area contributed by atoms with Crippen molar-refractivity contribution in [2.45, 2.75) is 6.42 Å². The smallest absolute Gasteiger partial charge is 0.309 e. The highest BCUT2D eigenvalue weighted by Gasteiger charge is 2.10. The van der Waals surface area contributed by atoms with Crippen LogP contribution in [0.1, 0.15) is 16.1 Å². The number of carboxylic acids is 1. The number of nitrogens with zero attached hydrogens (tertiary/aromatic N) is 2. The number of thiazole rings is 1. The fourth-order valence-electron chi connectivity index (χ4n) is 1.27. The van der Waals surface area contributed by atoms with E-state index in [0.29, 0.717) is 16.4 Å². The minimum Gasteiger partial charge on any atom is -0.481 e. The number of pyridine rings is 1. The van der Waals surface area contributed by atoms with E-state index in [2.05, 4.69) is 15.3 Å². The summed E-state index contributed by atoms with van der Waals surface area (Å²) in [6.45, 7) is 0. The van der Waals surface area contributed by atoms with Crippen LogP contribution in [0, 0.1) is 0 Å². The lowest BCUT2D eigenvalue weighted by Crippen LogP contribution is -2.12. The van der Waals surface area contributed by atoms with Gasteiger partial charge in [-0.3, -0.25) is 19.9 Å². The summed E-state index contributed by atoms with van der Waals surface area (Å²) in [5.74, 6) is -1.27. The third-order valence-corrected chi connectivity index (χ3v) is 2.83. The van der Waals surface area contributed by atoms with Gasteiger partial charge < -0.3 is 5.11 Å². The zero-order valence-electron chi connectivity index (χ0n) is 9.16. The second-order valence-corrected chi connectivity index (χ2v) is 4.27. The van der Waals surface area contributed by atoms with Gasteiger partial charge in [0.25, 0.3) is 5.91 Å². The number of amides is 1. The molecule has 0 aliphatic carbocycles. The molecule has 0 saturated carbocycles. The second-order valence-electron chi connectivity index (χ2n) is 3.41. The van der Waals surface area contributed by atoms with Crippen molar-refractivity contribution >= 4 is 28.3 Å². The number of aromatic nitrogens is 2. The van der Waals surface area contributed by atoms with Crippen molar-refractivity contribution < 1.29 is 14.7 Å². The molecule has 0 aromatic carbocycles. The number of rotatable bonds is 4. The molecule has 0 saturated heterocycles. The van der Waals surface area contributed by atoms with Gasteiger partial charge in [-0.05, 0) is 12.1 Å². The number of hydrogen-bond donors (Lipinski definition) is 2. The van der Waals surface area contributed by atoms with Gasteiger partial charge in [0.05, 0.1) is 17.7 Å². The third-order valence-electron chi connectivity index (χ3n) is 2.03. The van der Waals surface area contributed by atoms with Gasteiger partial charge in [0.1, 0.15) is 0 Å². The second kappa shape index (κ2) is 5.37. The van der Waals surface area contributed by atoms with E-state index >= 15 is 0 Å². The van der Waals surface area contributed by atoms with Crippen molar-refractivity contribution in [2.24, 2.45) is 0 Å². The van der Waals surface area contributed by atoms with E-state index in [1.54, 1.807) is 23.7 Å². The van der Waals surface area contributed by atoms with Crippen LogP contribution in [0.4, 0.5) is 5.13 Å². The first-order chi connectivity index (χ1) is 8.65. The molecule has 0 fully saturated rings. The zero-order valence-corrected chi connectivity index (χ0v) is 9.98. The number of anilines is 1. The van der Waals surface area contributed by atoms with Gasteiger partial charge in [0, 0.05) is 17.8 Å². The summed E-state index contributed by atoms with van der Waals surface area (Å²) < 4.78 is 0. The number of carbonyl (C=O) groups excluding carboxylic acids is 1. The van der Waals surface area contributed by atoms with Gasteiger partial charge in [-0.1, -0.05) is 0 Å². The van der Waals surface area contributed by atoms with Crippen molar-refractivity contribution in [2.75, 3.05) is 5.32 Å². The maximum Gasteiger partial charge on any atom is 0.309 e.